The molecule has 0 unspecified atom stereocenters. The summed E-state index contributed by atoms with van der Waals surface area (Å²) in [6, 6.07) is 7.38. The van der Waals surface area contributed by atoms with E-state index in [1.54, 1.807) is 9.47 Å². The first-order chi connectivity index (χ1) is 16.2. The Morgan fingerprint density at radius 2 is 1.65 bits per heavy atom. The Balaban J connectivity index is 2.67. The van der Waals surface area contributed by atoms with E-state index < -0.39 is 17.8 Å². The molecule has 0 saturated carbocycles. The average Bonchev–Trinajstić information content (AvgIpc) is 3.13. The van der Waals surface area contributed by atoms with Gasteiger partial charge in [-0.3, -0.25) is 19.3 Å². The van der Waals surface area contributed by atoms with Crippen molar-refractivity contribution in [1.29, 1.82) is 0 Å². The molecule has 0 atom stereocenters. The van der Waals surface area contributed by atoms with Gasteiger partial charge in [0.1, 0.15) is 5.82 Å². The second-order valence-corrected chi connectivity index (χ2v) is 8.01. The lowest BCUT2D eigenvalue weighted by Gasteiger charge is -2.24. The summed E-state index contributed by atoms with van der Waals surface area (Å²) in [6.07, 6.45) is 1.58. The Bertz CT molecular complexity index is 1280. The van der Waals surface area contributed by atoms with E-state index in [1.165, 1.54) is 27.9 Å². The standard InChI is InChI=1S/C25H30N4O5/c1-7-9-14-28(15(3)30)24-20-21(18-12-10-11-13-19(18)26-24)27(8-2)23(25(33)34-6)22(20)29(16(4)31)17(5)32/h10-13H,7-9,14H2,1-6H3. The maximum Gasteiger partial charge on any atom is 0.356 e. The summed E-state index contributed by atoms with van der Waals surface area (Å²) < 4.78 is 6.80. The highest BCUT2D eigenvalue weighted by Crippen LogP contribution is 2.43. The number of hydrogen-bond acceptors (Lipinski definition) is 6. The van der Waals surface area contributed by atoms with Gasteiger partial charge >= 0.3 is 5.97 Å². The van der Waals surface area contributed by atoms with Crippen LogP contribution in [0.5, 0.6) is 0 Å². The van der Waals surface area contributed by atoms with Crippen molar-refractivity contribution in [3.05, 3.63) is 30.0 Å². The number of anilines is 2. The van der Waals surface area contributed by atoms with Crippen LogP contribution >= 0.6 is 0 Å². The molecule has 2 heterocycles. The molecule has 3 amide bonds. The fourth-order valence-corrected chi connectivity index (χ4v) is 4.34. The van der Waals surface area contributed by atoms with Crippen LogP contribution in [-0.2, 0) is 25.7 Å². The van der Waals surface area contributed by atoms with Crippen LogP contribution in [0.15, 0.2) is 24.3 Å². The maximum atomic E-state index is 13.1. The van der Waals surface area contributed by atoms with Crippen LogP contribution in [-0.4, -0.2) is 46.9 Å². The molecular weight excluding hydrogens is 436 g/mol. The second kappa shape index (κ2) is 10.0. The fraction of sp³-hybridized carbons (Fsp3) is 0.400. The Morgan fingerprint density at radius 1 is 1.00 bits per heavy atom. The van der Waals surface area contributed by atoms with E-state index in [4.69, 9.17) is 9.72 Å². The predicted molar refractivity (Wildman–Crippen MR) is 131 cm³/mol. The van der Waals surface area contributed by atoms with Crippen LogP contribution in [0.1, 0.15) is 57.9 Å². The zero-order chi connectivity index (χ0) is 25.2. The number of esters is 1. The SMILES string of the molecule is CCCCN(C(C)=O)c1nc2ccccc2c2c1c(N(C(C)=O)C(C)=O)c(C(=O)OC)n2CC. The molecule has 0 radical (unpaired) electrons. The summed E-state index contributed by atoms with van der Waals surface area (Å²) in [6.45, 7) is 8.59. The number of benzene rings is 1. The van der Waals surface area contributed by atoms with Gasteiger partial charge in [0.15, 0.2) is 5.69 Å². The highest BCUT2D eigenvalue weighted by Gasteiger charge is 2.35. The molecule has 0 fully saturated rings. The van der Waals surface area contributed by atoms with E-state index in [2.05, 4.69) is 0 Å². The van der Waals surface area contributed by atoms with Crippen molar-refractivity contribution in [3.63, 3.8) is 0 Å². The Hall–Kier alpha value is -3.75. The summed E-state index contributed by atoms with van der Waals surface area (Å²) in [5.41, 5.74) is 1.37. The van der Waals surface area contributed by atoms with Crippen molar-refractivity contribution in [2.75, 3.05) is 23.5 Å². The first kappa shape index (κ1) is 24.9. The van der Waals surface area contributed by atoms with Gasteiger partial charge in [-0.25, -0.2) is 14.7 Å². The molecule has 9 nitrogen and oxygen atoms in total. The highest BCUT2D eigenvalue weighted by molar-refractivity contribution is 6.27. The van der Waals surface area contributed by atoms with Gasteiger partial charge in [0.2, 0.25) is 17.7 Å². The zero-order valence-corrected chi connectivity index (χ0v) is 20.5. The number of aromatic nitrogens is 2. The average molecular weight is 467 g/mol. The van der Waals surface area contributed by atoms with Crippen LogP contribution in [0, 0.1) is 0 Å². The first-order valence-corrected chi connectivity index (χ1v) is 11.3. The number of para-hydroxylation sites is 1. The molecule has 9 heteroatoms. The smallest absolute Gasteiger partial charge is 0.356 e. The first-order valence-electron chi connectivity index (χ1n) is 11.3. The van der Waals surface area contributed by atoms with E-state index in [0.29, 0.717) is 35.3 Å². The molecule has 0 spiro atoms. The van der Waals surface area contributed by atoms with Crippen LogP contribution in [0.25, 0.3) is 21.8 Å². The number of rotatable bonds is 7. The van der Waals surface area contributed by atoms with Gasteiger partial charge in [0.25, 0.3) is 0 Å². The topological polar surface area (TPSA) is 102 Å². The molecule has 1 aromatic carbocycles. The molecule has 0 aliphatic rings. The lowest BCUT2D eigenvalue weighted by molar-refractivity contribution is -0.124. The number of fused-ring (bicyclic) bond motifs is 3. The second-order valence-electron chi connectivity index (χ2n) is 8.01. The van der Waals surface area contributed by atoms with Crippen molar-refractivity contribution in [2.24, 2.45) is 0 Å². The molecule has 180 valence electrons. The summed E-state index contributed by atoms with van der Waals surface area (Å²) in [5.74, 6) is -1.75. The third-order valence-corrected chi connectivity index (χ3v) is 5.77. The monoisotopic (exact) mass is 466 g/mol. The van der Waals surface area contributed by atoms with E-state index >= 15 is 0 Å². The minimum Gasteiger partial charge on any atom is -0.464 e. The highest BCUT2D eigenvalue weighted by atomic mass is 16.5. The van der Waals surface area contributed by atoms with Gasteiger partial charge in [0.05, 0.1) is 29.2 Å². The van der Waals surface area contributed by atoms with Crippen molar-refractivity contribution in [2.45, 2.75) is 54.0 Å². The summed E-state index contributed by atoms with van der Waals surface area (Å²) in [4.78, 5) is 58.5. The number of imide groups is 1. The molecular formula is C25H30N4O5. The minimum atomic E-state index is -0.696. The van der Waals surface area contributed by atoms with Gasteiger partial charge in [0, 0.05) is 39.2 Å². The summed E-state index contributed by atoms with van der Waals surface area (Å²) in [7, 11) is 1.25. The number of aryl methyl sites for hydroxylation is 1. The number of carbonyl (C=O) groups excluding carboxylic acids is 4. The lowest BCUT2D eigenvalue weighted by atomic mass is 10.1. The van der Waals surface area contributed by atoms with E-state index in [1.807, 2.05) is 38.1 Å². The van der Waals surface area contributed by atoms with Crippen molar-refractivity contribution >= 4 is 57.0 Å². The molecule has 0 aliphatic heterocycles. The summed E-state index contributed by atoms with van der Waals surface area (Å²) >= 11 is 0. The number of pyridine rings is 1. The number of hydrogen-bond donors (Lipinski definition) is 0. The summed E-state index contributed by atoms with van der Waals surface area (Å²) in [5, 5.41) is 1.11. The van der Waals surface area contributed by atoms with Crippen molar-refractivity contribution < 1.29 is 23.9 Å². The van der Waals surface area contributed by atoms with E-state index in [-0.39, 0.29) is 17.3 Å². The largest absolute Gasteiger partial charge is 0.464 e. The molecule has 0 saturated heterocycles. The van der Waals surface area contributed by atoms with Crippen LogP contribution in [0.2, 0.25) is 0 Å². The molecule has 0 bridgehead atoms. The normalized spacial score (nSPS) is 11.0. The maximum absolute atomic E-state index is 13.1. The Morgan fingerprint density at radius 3 is 2.18 bits per heavy atom. The van der Waals surface area contributed by atoms with Gasteiger partial charge in [-0.15, -0.1) is 0 Å². The fourth-order valence-electron chi connectivity index (χ4n) is 4.34. The minimum absolute atomic E-state index is 0.0591. The Labute approximate surface area is 198 Å². The number of unbranched alkanes of at least 4 members (excludes halogenated alkanes) is 1. The zero-order valence-electron chi connectivity index (χ0n) is 20.5. The quantitative estimate of drug-likeness (QED) is 0.487. The van der Waals surface area contributed by atoms with Crippen LogP contribution < -0.4 is 9.80 Å². The Kier molecular flexibility index (Phi) is 7.34. The molecule has 3 rings (SSSR count). The molecule has 0 aliphatic carbocycles. The number of carbonyl (C=O) groups is 4. The van der Waals surface area contributed by atoms with Crippen LogP contribution in [0.4, 0.5) is 11.5 Å². The molecule has 2 aromatic heterocycles. The van der Waals surface area contributed by atoms with E-state index in [9.17, 15) is 19.2 Å². The van der Waals surface area contributed by atoms with Crippen molar-refractivity contribution in [3.8, 4) is 0 Å². The molecule has 3 aromatic rings. The van der Waals surface area contributed by atoms with Crippen LogP contribution in [0.3, 0.4) is 0 Å². The van der Waals surface area contributed by atoms with E-state index in [0.717, 1.165) is 23.1 Å². The van der Waals surface area contributed by atoms with Gasteiger partial charge in [-0.2, -0.15) is 0 Å². The van der Waals surface area contributed by atoms with Gasteiger partial charge < -0.3 is 9.30 Å². The lowest BCUT2D eigenvalue weighted by Crippen LogP contribution is -2.35. The number of amides is 3. The number of ether oxygens (including phenoxy) is 1. The number of nitrogens with zero attached hydrogens (tertiary/aromatic N) is 4. The third-order valence-electron chi connectivity index (χ3n) is 5.77. The third kappa shape index (κ3) is 4.13. The molecule has 0 N–H and O–H groups in total. The van der Waals surface area contributed by atoms with Gasteiger partial charge in [-0.1, -0.05) is 31.5 Å². The molecule has 34 heavy (non-hydrogen) atoms. The van der Waals surface area contributed by atoms with Crippen molar-refractivity contribution in [1.82, 2.24) is 9.55 Å². The number of methoxy groups -OCH3 is 1. The predicted octanol–water partition coefficient (Wildman–Crippen LogP) is 4.05. The van der Waals surface area contributed by atoms with Gasteiger partial charge in [-0.05, 0) is 19.4 Å².